The maximum atomic E-state index is 13.2. The van der Waals surface area contributed by atoms with E-state index in [4.69, 9.17) is 11.6 Å². The third-order valence-corrected chi connectivity index (χ3v) is 2.17. The van der Waals surface area contributed by atoms with Crippen molar-refractivity contribution >= 4 is 22.4 Å². The summed E-state index contributed by atoms with van der Waals surface area (Å²) in [6.45, 7) is 0. The zero-order valence-electron chi connectivity index (χ0n) is 6.47. The van der Waals surface area contributed by atoms with E-state index in [1.807, 2.05) is 0 Å². The van der Waals surface area contributed by atoms with Gasteiger partial charge in [0.05, 0.1) is 0 Å². The van der Waals surface area contributed by atoms with Crippen molar-refractivity contribution in [2.45, 2.75) is 0 Å². The Morgan fingerprint density at radius 1 is 1.31 bits per heavy atom. The highest BCUT2D eigenvalue weighted by Crippen LogP contribution is 2.22. The molecule has 0 amide bonds. The number of benzene rings is 1. The van der Waals surface area contributed by atoms with Gasteiger partial charge in [-0.2, -0.15) is 0 Å². The van der Waals surface area contributed by atoms with Crippen molar-refractivity contribution in [1.82, 2.24) is 4.98 Å². The van der Waals surface area contributed by atoms with Crippen LogP contribution in [0, 0.1) is 5.82 Å². The van der Waals surface area contributed by atoms with Gasteiger partial charge in [-0.1, -0.05) is 23.7 Å². The maximum Gasteiger partial charge on any atom is 0.284 e. The number of nitrogens with one attached hydrogen (secondary N) is 1. The smallest absolute Gasteiger partial charge is 0.284 e. The lowest BCUT2D eigenvalue weighted by Gasteiger charge is -1.99. The van der Waals surface area contributed by atoms with E-state index < -0.39 is 11.4 Å². The van der Waals surface area contributed by atoms with Crippen molar-refractivity contribution in [3.8, 4) is 0 Å². The zero-order valence-corrected chi connectivity index (χ0v) is 7.23. The number of aromatic nitrogens is 1. The van der Waals surface area contributed by atoms with Gasteiger partial charge in [-0.15, -0.1) is 0 Å². The zero-order chi connectivity index (χ0) is 9.42. The number of halogens is 2. The molecule has 0 atom stereocenters. The van der Waals surface area contributed by atoms with Gasteiger partial charge >= 0.3 is 0 Å². The fraction of sp³-hybridized carbons (Fsp3) is 0. The van der Waals surface area contributed by atoms with Crippen LogP contribution in [0.5, 0.6) is 0 Å². The average molecular weight is 198 g/mol. The molecule has 2 nitrogen and oxygen atoms in total. The summed E-state index contributed by atoms with van der Waals surface area (Å²) in [5.41, 5.74) is -0.727. The molecule has 0 fully saturated rings. The van der Waals surface area contributed by atoms with Crippen LogP contribution in [-0.2, 0) is 0 Å². The van der Waals surface area contributed by atoms with Crippen molar-refractivity contribution in [2.24, 2.45) is 0 Å². The van der Waals surface area contributed by atoms with Crippen LogP contribution in [0.15, 0.2) is 29.2 Å². The second-order valence-corrected chi connectivity index (χ2v) is 3.04. The predicted octanol–water partition coefficient (Wildman–Crippen LogP) is 2.32. The second-order valence-electron chi connectivity index (χ2n) is 2.63. The van der Waals surface area contributed by atoms with Crippen LogP contribution in [0.3, 0.4) is 0 Å². The number of hydrogen-bond acceptors (Lipinski definition) is 1. The molecule has 0 bridgehead atoms. The number of rotatable bonds is 0. The molecular formula is C9H5ClFNO. The predicted molar refractivity (Wildman–Crippen MR) is 49.5 cm³/mol. The Hall–Kier alpha value is -1.35. The summed E-state index contributed by atoms with van der Waals surface area (Å²) >= 11 is 5.79. The summed E-state index contributed by atoms with van der Waals surface area (Å²) in [4.78, 5) is 13.1. The molecule has 0 aliphatic carbocycles. The van der Waals surface area contributed by atoms with Gasteiger partial charge in [-0.25, -0.2) is 4.39 Å². The number of pyridine rings is 1. The molecule has 13 heavy (non-hydrogen) atoms. The van der Waals surface area contributed by atoms with Crippen molar-refractivity contribution in [1.29, 1.82) is 0 Å². The van der Waals surface area contributed by atoms with Crippen LogP contribution in [0.1, 0.15) is 0 Å². The van der Waals surface area contributed by atoms with Gasteiger partial charge in [0.15, 0.2) is 5.82 Å². The Labute approximate surface area is 78.0 Å². The Morgan fingerprint density at radius 2 is 2.08 bits per heavy atom. The Kier molecular flexibility index (Phi) is 1.81. The maximum absolute atomic E-state index is 13.2. The number of H-pyrrole nitrogens is 1. The standard InChI is InChI=1S/C9H5ClFNO/c10-7-3-1-2-5-6(7)4-12-9(13)8(5)11/h1-4H,(H,12,13). The highest BCUT2D eigenvalue weighted by molar-refractivity contribution is 6.35. The number of hydrogen-bond donors (Lipinski definition) is 1. The van der Waals surface area contributed by atoms with E-state index in [0.717, 1.165) is 0 Å². The first-order chi connectivity index (χ1) is 6.20. The van der Waals surface area contributed by atoms with Gasteiger partial charge in [0, 0.05) is 22.0 Å². The molecule has 1 aromatic carbocycles. The van der Waals surface area contributed by atoms with E-state index in [9.17, 15) is 9.18 Å². The SMILES string of the molecule is O=c1[nH]cc2c(Cl)cccc2c1F. The van der Waals surface area contributed by atoms with Crippen molar-refractivity contribution in [2.75, 3.05) is 0 Å². The first kappa shape index (κ1) is 8.26. The van der Waals surface area contributed by atoms with Crippen molar-refractivity contribution in [3.63, 3.8) is 0 Å². The highest BCUT2D eigenvalue weighted by Gasteiger charge is 2.06. The third-order valence-electron chi connectivity index (χ3n) is 1.84. The van der Waals surface area contributed by atoms with E-state index in [-0.39, 0.29) is 5.39 Å². The molecule has 0 aliphatic heterocycles. The fourth-order valence-corrected chi connectivity index (χ4v) is 1.43. The van der Waals surface area contributed by atoms with Crippen LogP contribution < -0.4 is 5.56 Å². The molecule has 0 saturated heterocycles. The van der Waals surface area contributed by atoms with Crippen LogP contribution in [0.25, 0.3) is 10.8 Å². The molecule has 66 valence electrons. The van der Waals surface area contributed by atoms with Gasteiger partial charge in [-0.05, 0) is 6.07 Å². The molecule has 1 N–H and O–H groups in total. The Bertz CT molecular complexity index is 520. The molecule has 2 aromatic rings. The number of aromatic amines is 1. The molecule has 0 unspecified atom stereocenters. The lowest BCUT2D eigenvalue weighted by molar-refractivity contribution is 0.621. The lowest BCUT2D eigenvalue weighted by atomic mass is 10.2. The van der Waals surface area contributed by atoms with E-state index in [1.165, 1.54) is 12.3 Å². The summed E-state index contributed by atoms with van der Waals surface area (Å²) < 4.78 is 13.2. The molecule has 0 radical (unpaired) electrons. The van der Waals surface area contributed by atoms with Crippen molar-refractivity contribution in [3.05, 3.63) is 45.6 Å². The Balaban J connectivity index is 3.03. The van der Waals surface area contributed by atoms with Crippen LogP contribution in [0.4, 0.5) is 4.39 Å². The number of fused-ring (bicyclic) bond motifs is 1. The summed E-state index contributed by atoms with van der Waals surface area (Å²) in [6, 6.07) is 4.76. The fourth-order valence-electron chi connectivity index (χ4n) is 1.20. The van der Waals surface area contributed by atoms with E-state index in [1.54, 1.807) is 12.1 Å². The molecule has 2 rings (SSSR count). The van der Waals surface area contributed by atoms with E-state index in [2.05, 4.69) is 4.98 Å². The van der Waals surface area contributed by atoms with E-state index in [0.29, 0.717) is 10.4 Å². The van der Waals surface area contributed by atoms with Gasteiger partial charge in [0.2, 0.25) is 0 Å². The average Bonchev–Trinajstić information content (AvgIpc) is 2.12. The van der Waals surface area contributed by atoms with Crippen LogP contribution >= 0.6 is 11.6 Å². The minimum Gasteiger partial charge on any atom is -0.326 e. The summed E-state index contributed by atoms with van der Waals surface area (Å²) in [5, 5.41) is 1.19. The molecule has 0 saturated carbocycles. The first-order valence-electron chi connectivity index (χ1n) is 3.65. The highest BCUT2D eigenvalue weighted by atomic mass is 35.5. The largest absolute Gasteiger partial charge is 0.326 e. The van der Waals surface area contributed by atoms with Gasteiger partial charge in [0.1, 0.15) is 0 Å². The normalized spacial score (nSPS) is 10.6. The van der Waals surface area contributed by atoms with Gasteiger partial charge in [0.25, 0.3) is 5.56 Å². The summed E-state index contributed by atoms with van der Waals surface area (Å²) in [7, 11) is 0. The van der Waals surface area contributed by atoms with Crippen LogP contribution in [0.2, 0.25) is 5.02 Å². The third kappa shape index (κ3) is 1.21. The molecular weight excluding hydrogens is 193 g/mol. The molecule has 0 spiro atoms. The topological polar surface area (TPSA) is 32.9 Å². The minimum absolute atomic E-state index is 0.247. The van der Waals surface area contributed by atoms with Crippen molar-refractivity contribution < 1.29 is 4.39 Å². The minimum atomic E-state index is -0.792. The second kappa shape index (κ2) is 2.85. The molecule has 0 aliphatic rings. The van der Waals surface area contributed by atoms with Gasteiger partial charge < -0.3 is 4.98 Å². The molecule has 4 heteroatoms. The van der Waals surface area contributed by atoms with Crippen LogP contribution in [-0.4, -0.2) is 4.98 Å². The lowest BCUT2D eigenvalue weighted by Crippen LogP contribution is -2.09. The summed E-state index contributed by atoms with van der Waals surface area (Å²) in [6.07, 6.45) is 1.41. The summed E-state index contributed by atoms with van der Waals surface area (Å²) in [5.74, 6) is -0.792. The monoisotopic (exact) mass is 197 g/mol. The molecule has 1 aromatic heterocycles. The van der Waals surface area contributed by atoms with Gasteiger partial charge in [-0.3, -0.25) is 4.79 Å². The van der Waals surface area contributed by atoms with E-state index >= 15 is 0 Å². The molecule has 1 heterocycles. The first-order valence-corrected chi connectivity index (χ1v) is 4.03. The Morgan fingerprint density at radius 3 is 2.85 bits per heavy atom. The quantitative estimate of drug-likeness (QED) is 0.691.